The maximum atomic E-state index is 14.1. The fourth-order valence-corrected chi connectivity index (χ4v) is 12.7. The highest BCUT2D eigenvalue weighted by Gasteiger charge is 2.56. The molecule has 0 bridgehead atoms. The maximum absolute atomic E-state index is 14.1. The fraction of sp³-hybridized carbons (Fsp3) is 0.317. The number of benzene rings is 4. The Kier molecular flexibility index (Phi) is 12.2. The van der Waals surface area contributed by atoms with Crippen LogP contribution in [0.1, 0.15) is 64.8 Å². The second kappa shape index (κ2) is 16.4. The summed E-state index contributed by atoms with van der Waals surface area (Å²) in [5.41, 5.74) is 2.14. The maximum Gasteiger partial charge on any atom is 0.525 e. The summed E-state index contributed by atoms with van der Waals surface area (Å²) in [6, 6.07) is 36.3. The number of hydrogen-bond donors (Lipinski definition) is 1. The molecule has 1 aromatic heterocycles. The molecule has 10 heteroatoms. The van der Waals surface area contributed by atoms with Crippen molar-refractivity contribution < 1.29 is 27.8 Å². The fourth-order valence-electron chi connectivity index (χ4n) is 6.99. The molecule has 3 atom stereocenters. The highest BCUT2D eigenvalue weighted by atomic mass is 31.1. The normalized spacial score (nSPS) is 13.6. The van der Waals surface area contributed by atoms with Crippen molar-refractivity contribution in [3.8, 4) is 17.1 Å². The van der Waals surface area contributed by atoms with E-state index in [1.807, 2.05) is 66.7 Å². The SMILES string of the molecule is CO[P+](=O)[C@H](C(=O)O)C(CCCc1c(C(C)C)nc(-c2ccccc2)n1-c1ccc(F)cc1)O[Si](c1ccccc1)(c1ccccc1)C(C)(C)C. The third-order valence-corrected chi connectivity index (χ3v) is 15.8. The van der Waals surface area contributed by atoms with Gasteiger partial charge in [-0.3, -0.25) is 4.57 Å². The molecule has 5 rings (SSSR count). The Morgan fingerprint density at radius 1 is 0.882 bits per heavy atom. The smallest absolute Gasteiger partial charge is 0.478 e. The van der Waals surface area contributed by atoms with Crippen LogP contribution < -0.4 is 10.4 Å². The van der Waals surface area contributed by atoms with Crippen LogP contribution in [0.4, 0.5) is 4.39 Å². The third-order valence-electron chi connectivity index (χ3n) is 9.33. The summed E-state index contributed by atoms with van der Waals surface area (Å²) in [7, 11) is -4.59. The Morgan fingerprint density at radius 2 is 1.41 bits per heavy atom. The van der Waals surface area contributed by atoms with Crippen LogP contribution in [0.25, 0.3) is 17.1 Å². The minimum atomic E-state index is -3.25. The van der Waals surface area contributed by atoms with Gasteiger partial charge in [0.2, 0.25) is 0 Å². The van der Waals surface area contributed by atoms with Gasteiger partial charge in [-0.25, -0.2) is 14.2 Å². The Labute approximate surface area is 302 Å². The first-order chi connectivity index (χ1) is 24.4. The van der Waals surface area contributed by atoms with Crippen molar-refractivity contribution in [3.63, 3.8) is 0 Å². The first-order valence-electron chi connectivity index (χ1n) is 17.3. The van der Waals surface area contributed by atoms with Crippen LogP contribution in [0.3, 0.4) is 0 Å². The molecular weight excluding hydrogens is 679 g/mol. The Morgan fingerprint density at radius 3 is 1.88 bits per heavy atom. The van der Waals surface area contributed by atoms with E-state index in [1.165, 1.54) is 19.2 Å². The summed E-state index contributed by atoms with van der Waals surface area (Å²) in [6.07, 6.45) is 0.358. The van der Waals surface area contributed by atoms with E-state index in [1.54, 1.807) is 12.1 Å². The number of rotatable bonds is 15. The number of nitrogens with zero attached hydrogens (tertiary/aromatic N) is 2. The number of aliphatic carboxylic acids is 1. The van der Waals surface area contributed by atoms with Crippen molar-refractivity contribution >= 4 is 32.7 Å². The van der Waals surface area contributed by atoms with Crippen molar-refractivity contribution in [2.24, 2.45) is 0 Å². The van der Waals surface area contributed by atoms with E-state index in [2.05, 4.69) is 63.5 Å². The summed E-state index contributed by atoms with van der Waals surface area (Å²) < 4.78 is 42.3. The molecule has 2 unspecified atom stereocenters. The second-order valence-corrected chi connectivity index (χ2v) is 19.8. The van der Waals surface area contributed by atoms with Crippen molar-refractivity contribution in [2.45, 2.75) is 76.6 Å². The lowest BCUT2D eigenvalue weighted by atomic mass is 10.0. The summed E-state index contributed by atoms with van der Waals surface area (Å²) in [5.74, 6) is -0.748. The quantitative estimate of drug-likeness (QED) is 0.0857. The molecule has 0 radical (unpaired) electrons. The predicted octanol–water partition coefficient (Wildman–Crippen LogP) is 8.91. The number of imidazole rings is 1. The molecule has 0 spiro atoms. The van der Waals surface area contributed by atoms with E-state index in [4.69, 9.17) is 13.9 Å². The van der Waals surface area contributed by atoms with Crippen LogP contribution >= 0.6 is 8.03 Å². The van der Waals surface area contributed by atoms with Gasteiger partial charge >= 0.3 is 19.7 Å². The lowest BCUT2D eigenvalue weighted by Crippen LogP contribution is -2.68. The average Bonchev–Trinajstić information content (AvgIpc) is 3.50. The van der Waals surface area contributed by atoms with Gasteiger partial charge in [-0.1, -0.05) is 126 Å². The monoisotopic (exact) mass is 725 g/mol. The van der Waals surface area contributed by atoms with Crippen molar-refractivity contribution in [1.29, 1.82) is 0 Å². The van der Waals surface area contributed by atoms with Crippen LogP contribution in [0.5, 0.6) is 0 Å². The molecule has 0 fully saturated rings. The van der Waals surface area contributed by atoms with Crippen LogP contribution in [0.2, 0.25) is 5.04 Å². The topological polar surface area (TPSA) is 90.7 Å². The van der Waals surface area contributed by atoms with E-state index < -0.39 is 39.1 Å². The number of carbonyl (C=O) groups is 1. The van der Waals surface area contributed by atoms with E-state index in [-0.39, 0.29) is 11.7 Å². The lowest BCUT2D eigenvalue weighted by molar-refractivity contribution is -0.138. The first kappa shape index (κ1) is 38.0. The van der Waals surface area contributed by atoms with Crippen molar-refractivity contribution in [1.82, 2.24) is 9.55 Å². The van der Waals surface area contributed by atoms with Gasteiger partial charge in [-0.15, -0.1) is 4.52 Å². The largest absolute Gasteiger partial charge is 0.525 e. The van der Waals surface area contributed by atoms with E-state index in [9.17, 15) is 18.9 Å². The molecule has 0 aliphatic carbocycles. The molecule has 7 nitrogen and oxygen atoms in total. The summed E-state index contributed by atoms with van der Waals surface area (Å²) in [5, 5.41) is 12.1. The average molecular weight is 726 g/mol. The molecule has 0 aliphatic rings. The number of halogens is 1. The molecular formula is C41H47FN2O5PSi+. The summed E-state index contributed by atoms with van der Waals surface area (Å²) in [4.78, 5) is 18.1. The minimum Gasteiger partial charge on any atom is -0.478 e. The van der Waals surface area contributed by atoms with Gasteiger partial charge in [0.1, 0.15) is 17.7 Å². The van der Waals surface area contributed by atoms with Gasteiger partial charge < -0.3 is 9.53 Å². The zero-order valence-corrected chi connectivity index (χ0v) is 32.0. The Bertz CT molecular complexity index is 1870. The van der Waals surface area contributed by atoms with Crippen LogP contribution in [0, 0.1) is 5.82 Å². The molecule has 0 amide bonds. The molecule has 51 heavy (non-hydrogen) atoms. The molecule has 4 aromatic carbocycles. The summed E-state index contributed by atoms with van der Waals surface area (Å²) in [6.45, 7) is 10.6. The van der Waals surface area contributed by atoms with Gasteiger partial charge in [-0.05, 0) is 69.4 Å². The van der Waals surface area contributed by atoms with Crippen molar-refractivity contribution in [2.75, 3.05) is 7.11 Å². The number of aromatic nitrogens is 2. The number of hydrogen-bond acceptors (Lipinski definition) is 5. The van der Waals surface area contributed by atoms with Gasteiger partial charge in [0, 0.05) is 16.9 Å². The second-order valence-electron chi connectivity index (χ2n) is 14.1. The van der Waals surface area contributed by atoms with Gasteiger partial charge in [0.05, 0.1) is 12.8 Å². The first-order valence-corrected chi connectivity index (χ1v) is 20.5. The molecule has 0 saturated carbocycles. The predicted molar refractivity (Wildman–Crippen MR) is 205 cm³/mol. The van der Waals surface area contributed by atoms with Gasteiger partial charge in [-0.2, -0.15) is 0 Å². The number of carboxylic acids is 1. The Balaban J connectivity index is 1.62. The Hall–Kier alpha value is -4.27. The van der Waals surface area contributed by atoms with E-state index >= 15 is 0 Å². The molecule has 266 valence electrons. The third kappa shape index (κ3) is 8.13. The van der Waals surface area contributed by atoms with Gasteiger partial charge in [0.25, 0.3) is 8.32 Å². The minimum absolute atomic E-state index is 0.0723. The molecule has 1 N–H and O–H groups in total. The van der Waals surface area contributed by atoms with E-state index in [0.29, 0.717) is 19.3 Å². The number of carboxylic acid groups (broad SMARTS) is 1. The molecule has 0 saturated heterocycles. The zero-order valence-electron chi connectivity index (χ0n) is 30.1. The van der Waals surface area contributed by atoms with Crippen LogP contribution in [-0.4, -0.2) is 47.8 Å². The standard InChI is InChI=1S/C41H46FN2O5PSi/c1-29(2)37-35(44(32-27-25-31(42)26-28-32)39(43-37)30-17-10-7-11-18-30)23-16-24-36(38(40(45)46)50(47)48-6)49-51(41(3,4)5,33-19-12-8-13-20-33)34-21-14-9-15-22-34/h7-15,17-22,25-29,36,38H,16,23-24H2,1-6H3/p+1/t36?,38-/m0/s1. The molecule has 1 heterocycles. The van der Waals surface area contributed by atoms with Crippen LogP contribution in [0.15, 0.2) is 115 Å². The van der Waals surface area contributed by atoms with E-state index in [0.717, 1.165) is 38.8 Å². The zero-order chi connectivity index (χ0) is 36.8. The highest BCUT2D eigenvalue weighted by Crippen LogP contribution is 2.42. The molecule has 0 aliphatic heterocycles. The van der Waals surface area contributed by atoms with Crippen LogP contribution in [-0.2, 0) is 24.7 Å². The highest BCUT2D eigenvalue weighted by molar-refractivity contribution is 7.41. The summed E-state index contributed by atoms with van der Waals surface area (Å²) >= 11 is 0. The van der Waals surface area contributed by atoms with Crippen molar-refractivity contribution in [3.05, 3.63) is 132 Å². The molecule has 5 aromatic rings. The lowest BCUT2D eigenvalue weighted by Gasteiger charge is -2.45. The van der Waals surface area contributed by atoms with Gasteiger partial charge in [0.15, 0.2) is 0 Å².